The van der Waals surface area contributed by atoms with Crippen LogP contribution in [-0.2, 0) is 0 Å². The van der Waals surface area contributed by atoms with Crippen LogP contribution in [0.15, 0.2) is 30.3 Å². The molecule has 1 aliphatic rings. The van der Waals surface area contributed by atoms with Gasteiger partial charge in [-0.05, 0) is 18.6 Å². The Morgan fingerprint density at radius 1 is 0.923 bits per heavy atom. The molecule has 0 N–H and O–H groups in total. The summed E-state index contributed by atoms with van der Waals surface area (Å²) in [5.74, 6) is 0. The quantitative estimate of drug-likeness (QED) is 0.575. The van der Waals surface area contributed by atoms with Gasteiger partial charge in [0, 0.05) is 18.4 Å². The van der Waals surface area contributed by atoms with Crippen LogP contribution in [-0.4, -0.2) is 23.9 Å². The summed E-state index contributed by atoms with van der Waals surface area (Å²) in [6.45, 7) is 2.46. The van der Waals surface area contributed by atoms with Gasteiger partial charge >= 0.3 is 0 Å². The van der Waals surface area contributed by atoms with Crippen molar-refractivity contribution < 1.29 is 4.58 Å². The van der Waals surface area contributed by atoms with E-state index in [0.29, 0.717) is 0 Å². The van der Waals surface area contributed by atoms with Crippen molar-refractivity contribution in [2.24, 2.45) is 0 Å². The molecular weight excluding hydrogens is 158 g/mol. The zero-order valence-corrected chi connectivity index (χ0v) is 7.95. The molecular formula is C12H16N+. The van der Waals surface area contributed by atoms with E-state index in [-0.39, 0.29) is 0 Å². The zero-order chi connectivity index (χ0) is 8.93. The molecule has 1 saturated heterocycles. The molecule has 0 aliphatic carbocycles. The lowest BCUT2D eigenvalue weighted by Crippen LogP contribution is -2.21. The molecule has 1 heteroatoms. The maximum absolute atomic E-state index is 2.43. The molecule has 0 aromatic heterocycles. The Hall–Kier alpha value is -1.11. The second-order valence-electron chi connectivity index (χ2n) is 3.64. The molecule has 1 fully saturated rings. The lowest BCUT2D eigenvalue weighted by atomic mass is 10.1. The summed E-state index contributed by atoms with van der Waals surface area (Å²) in [6.07, 6.45) is 6.38. The molecule has 0 radical (unpaired) electrons. The third-order valence-corrected chi connectivity index (χ3v) is 2.52. The van der Waals surface area contributed by atoms with E-state index in [0.717, 1.165) is 0 Å². The molecule has 68 valence electrons. The predicted octanol–water partition coefficient (Wildman–Crippen LogP) is 2.30. The van der Waals surface area contributed by atoms with Crippen LogP contribution < -0.4 is 0 Å². The summed E-state index contributed by atoms with van der Waals surface area (Å²) >= 11 is 0. The zero-order valence-electron chi connectivity index (χ0n) is 7.95. The average molecular weight is 174 g/mol. The number of benzene rings is 1. The van der Waals surface area contributed by atoms with Gasteiger partial charge in [-0.2, -0.15) is 0 Å². The minimum Gasteiger partial charge on any atom is -0.236 e. The van der Waals surface area contributed by atoms with E-state index < -0.39 is 0 Å². The van der Waals surface area contributed by atoms with Crippen LogP contribution in [0.4, 0.5) is 0 Å². The molecule has 1 heterocycles. The van der Waals surface area contributed by atoms with Crippen LogP contribution in [0.3, 0.4) is 0 Å². The number of hydrogen-bond donors (Lipinski definition) is 0. The lowest BCUT2D eigenvalue weighted by Gasteiger charge is -2.08. The van der Waals surface area contributed by atoms with Gasteiger partial charge in [-0.3, -0.25) is 0 Å². The monoisotopic (exact) mass is 174 g/mol. The van der Waals surface area contributed by atoms with Crippen molar-refractivity contribution in [1.29, 1.82) is 0 Å². The number of piperidine rings is 1. The number of rotatable bonds is 1. The normalized spacial score (nSPS) is 17.1. The van der Waals surface area contributed by atoms with E-state index in [1.54, 1.807) is 0 Å². The summed E-state index contributed by atoms with van der Waals surface area (Å²) < 4.78 is 2.43. The standard InChI is InChI=1S/C12H16N/c1-3-7-12(8-4-1)11-13-9-5-2-6-10-13/h1,3-4,7-8,11H,2,5-6,9-10H2/q+1. The van der Waals surface area contributed by atoms with Gasteiger partial charge in [-0.25, -0.2) is 4.58 Å². The highest BCUT2D eigenvalue weighted by atomic mass is 15.0. The van der Waals surface area contributed by atoms with Gasteiger partial charge < -0.3 is 0 Å². The highest BCUT2D eigenvalue weighted by Crippen LogP contribution is 2.04. The van der Waals surface area contributed by atoms with E-state index in [1.165, 1.54) is 37.9 Å². The van der Waals surface area contributed by atoms with Gasteiger partial charge in [0.05, 0.1) is 0 Å². The van der Waals surface area contributed by atoms with E-state index in [1.807, 2.05) is 0 Å². The molecule has 1 aromatic carbocycles. The van der Waals surface area contributed by atoms with Crippen LogP contribution in [0.2, 0.25) is 0 Å². The molecule has 1 nitrogen and oxygen atoms in total. The third-order valence-electron chi connectivity index (χ3n) is 2.52. The fourth-order valence-corrected chi connectivity index (χ4v) is 1.80. The smallest absolute Gasteiger partial charge is 0.170 e. The Kier molecular flexibility index (Phi) is 2.75. The molecule has 0 saturated carbocycles. The first-order valence-corrected chi connectivity index (χ1v) is 5.09. The minimum atomic E-state index is 1.23. The van der Waals surface area contributed by atoms with Gasteiger partial charge in [-0.15, -0.1) is 0 Å². The molecule has 2 rings (SSSR count). The van der Waals surface area contributed by atoms with Crippen LogP contribution in [0, 0.1) is 0 Å². The van der Waals surface area contributed by atoms with Crippen LogP contribution >= 0.6 is 0 Å². The van der Waals surface area contributed by atoms with E-state index in [9.17, 15) is 0 Å². The Balaban J connectivity index is 2.10. The SMILES string of the molecule is C(c1ccccc1)=[N+]1CCCCC1. The van der Waals surface area contributed by atoms with Crippen molar-refractivity contribution in [3.63, 3.8) is 0 Å². The van der Waals surface area contributed by atoms with Gasteiger partial charge in [0.2, 0.25) is 0 Å². The fraction of sp³-hybridized carbons (Fsp3) is 0.417. The van der Waals surface area contributed by atoms with Crippen molar-refractivity contribution in [2.45, 2.75) is 19.3 Å². The molecule has 1 aliphatic heterocycles. The highest BCUT2D eigenvalue weighted by molar-refractivity contribution is 5.75. The fourth-order valence-electron chi connectivity index (χ4n) is 1.80. The number of nitrogens with zero attached hydrogens (tertiary/aromatic N) is 1. The van der Waals surface area contributed by atoms with Gasteiger partial charge in [-0.1, -0.05) is 18.2 Å². The highest BCUT2D eigenvalue weighted by Gasteiger charge is 2.09. The first-order valence-electron chi connectivity index (χ1n) is 5.09. The molecule has 0 amide bonds. The van der Waals surface area contributed by atoms with Crippen molar-refractivity contribution >= 4 is 6.21 Å². The Bertz CT molecular complexity index is 279. The topological polar surface area (TPSA) is 3.01 Å². The molecule has 0 spiro atoms. The molecule has 1 aromatic rings. The van der Waals surface area contributed by atoms with Crippen LogP contribution in [0.5, 0.6) is 0 Å². The van der Waals surface area contributed by atoms with Crippen molar-refractivity contribution in [1.82, 2.24) is 0 Å². The lowest BCUT2D eigenvalue weighted by molar-refractivity contribution is -0.532. The first-order chi connectivity index (χ1) is 6.45. The molecule has 0 atom stereocenters. The average Bonchev–Trinajstić information content (AvgIpc) is 2.21. The summed E-state index contributed by atoms with van der Waals surface area (Å²) in [6, 6.07) is 10.6. The van der Waals surface area contributed by atoms with E-state index in [4.69, 9.17) is 0 Å². The summed E-state index contributed by atoms with van der Waals surface area (Å²) in [4.78, 5) is 0. The second kappa shape index (κ2) is 4.22. The summed E-state index contributed by atoms with van der Waals surface area (Å²) in [5, 5.41) is 0. The number of hydrogen-bond acceptors (Lipinski definition) is 0. The maximum Gasteiger partial charge on any atom is 0.170 e. The summed E-state index contributed by atoms with van der Waals surface area (Å²) in [7, 11) is 0. The Morgan fingerprint density at radius 3 is 2.31 bits per heavy atom. The van der Waals surface area contributed by atoms with E-state index >= 15 is 0 Å². The second-order valence-corrected chi connectivity index (χ2v) is 3.64. The van der Waals surface area contributed by atoms with Gasteiger partial charge in [0.15, 0.2) is 6.21 Å². The molecule has 0 bridgehead atoms. The van der Waals surface area contributed by atoms with Gasteiger partial charge in [0.25, 0.3) is 0 Å². The van der Waals surface area contributed by atoms with Crippen molar-refractivity contribution in [2.75, 3.05) is 13.1 Å². The summed E-state index contributed by atoms with van der Waals surface area (Å²) in [5.41, 5.74) is 1.32. The molecule has 13 heavy (non-hydrogen) atoms. The maximum atomic E-state index is 2.43. The Labute approximate surface area is 79.7 Å². The van der Waals surface area contributed by atoms with Gasteiger partial charge in [0.1, 0.15) is 13.1 Å². The largest absolute Gasteiger partial charge is 0.236 e. The van der Waals surface area contributed by atoms with Crippen LogP contribution in [0.25, 0.3) is 0 Å². The molecule has 0 unspecified atom stereocenters. The van der Waals surface area contributed by atoms with Crippen molar-refractivity contribution in [3.8, 4) is 0 Å². The van der Waals surface area contributed by atoms with E-state index in [2.05, 4.69) is 41.1 Å². The third kappa shape index (κ3) is 2.41. The van der Waals surface area contributed by atoms with Crippen LogP contribution in [0.1, 0.15) is 24.8 Å². The minimum absolute atomic E-state index is 1.23. The first kappa shape index (κ1) is 8.49. The van der Waals surface area contributed by atoms with Crippen molar-refractivity contribution in [3.05, 3.63) is 35.9 Å². The predicted molar refractivity (Wildman–Crippen MR) is 55.5 cm³/mol. The Morgan fingerprint density at radius 2 is 1.62 bits per heavy atom.